The number of ketones is 1. The first-order chi connectivity index (χ1) is 6.70. The summed E-state index contributed by atoms with van der Waals surface area (Å²) in [7, 11) is 0. The molecule has 0 radical (unpaired) electrons. The highest BCUT2D eigenvalue weighted by molar-refractivity contribution is 14.1. The molecular formula is C11H10ClIO. The number of alkyl halides is 1. The van der Waals surface area contributed by atoms with E-state index in [0.29, 0.717) is 0 Å². The largest absolute Gasteiger partial charge is 0.297 e. The average molecular weight is 321 g/mol. The summed E-state index contributed by atoms with van der Waals surface area (Å²) in [6.45, 7) is 0. The SMILES string of the molecule is O=C(C1CC1)C(Cl)c1ccccc1I. The molecule has 0 spiro atoms. The highest BCUT2D eigenvalue weighted by atomic mass is 127. The summed E-state index contributed by atoms with van der Waals surface area (Å²) in [4.78, 5) is 11.7. The molecule has 2 rings (SSSR count). The molecule has 1 unspecified atom stereocenters. The van der Waals surface area contributed by atoms with Crippen LogP contribution in [0.1, 0.15) is 23.8 Å². The number of benzene rings is 1. The Morgan fingerprint density at radius 3 is 2.64 bits per heavy atom. The van der Waals surface area contributed by atoms with Crippen molar-refractivity contribution < 1.29 is 4.79 Å². The van der Waals surface area contributed by atoms with E-state index in [1.807, 2.05) is 24.3 Å². The highest BCUT2D eigenvalue weighted by Gasteiger charge is 2.34. The highest BCUT2D eigenvalue weighted by Crippen LogP contribution is 2.38. The summed E-state index contributed by atoms with van der Waals surface area (Å²) in [5.41, 5.74) is 0.951. The molecule has 0 aliphatic heterocycles. The van der Waals surface area contributed by atoms with Gasteiger partial charge in [-0.3, -0.25) is 4.79 Å². The summed E-state index contributed by atoms with van der Waals surface area (Å²) in [6.07, 6.45) is 2.04. The van der Waals surface area contributed by atoms with Gasteiger partial charge in [0.15, 0.2) is 5.78 Å². The van der Waals surface area contributed by atoms with Crippen molar-refractivity contribution in [3.8, 4) is 0 Å². The van der Waals surface area contributed by atoms with Crippen LogP contribution in [0.15, 0.2) is 24.3 Å². The van der Waals surface area contributed by atoms with Gasteiger partial charge < -0.3 is 0 Å². The first-order valence-corrected chi connectivity index (χ1v) is 6.14. The Labute approximate surface area is 102 Å². The quantitative estimate of drug-likeness (QED) is 0.615. The van der Waals surface area contributed by atoms with Gasteiger partial charge in [-0.05, 0) is 47.1 Å². The van der Waals surface area contributed by atoms with Gasteiger partial charge in [0.2, 0.25) is 0 Å². The van der Waals surface area contributed by atoms with Crippen LogP contribution in [-0.2, 0) is 4.79 Å². The molecule has 1 aromatic carbocycles. The number of Topliss-reactive ketones (excluding diaryl/α,β-unsaturated/α-hetero) is 1. The normalized spacial score (nSPS) is 17.9. The van der Waals surface area contributed by atoms with Gasteiger partial charge in [-0.1, -0.05) is 18.2 Å². The lowest BCUT2D eigenvalue weighted by Gasteiger charge is -2.09. The van der Waals surface area contributed by atoms with Crippen LogP contribution in [0.4, 0.5) is 0 Å². The summed E-state index contributed by atoms with van der Waals surface area (Å²) in [5.74, 6) is 0.421. The number of hydrogen-bond acceptors (Lipinski definition) is 1. The van der Waals surface area contributed by atoms with Crippen molar-refractivity contribution in [3.63, 3.8) is 0 Å². The van der Waals surface area contributed by atoms with E-state index in [4.69, 9.17) is 11.6 Å². The van der Waals surface area contributed by atoms with Crippen LogP contribution >= 0.6 is 34.2 Å². The minimum atomic E-state index is -0.449. The van der Waals surface area contributed by atoms with Crippen LogP contribution in [-0.4, -0.2) is 5.78 Å². The minimum Gasteiger partial charge on any atom is -0.297 e. The molecule has 1 aromatic rings. The molecule has 0 bridgehead atoms. The summed E-state index contributed by atoms with van der Waals surface area (Å²) in [6, 6.07) is 7.79. The Kier molecular flexibility index (Phi) is 3.12. The van der Waals surface area contributed by atoms with Crippen molar-refractivity contribution >= 4 is 40.0 Å². The van der Waals surface area contributed by atoms with Crippen LogP contribution in [0.5, 0.6) is 0 Å². The standard InChI is InChI=1S/C11H10ClIO/c12-10(11(14)7-5-6-7)8-3-1-2-4-9(8)13/h1-4,7,10H,5-6H2. The van der Waals surface area contributed by atoms with Crippen LogP contribution in [0, 0.1) is 9.49 Å². The average Bonchev–Trinajstić information content (AvgIpc) is 3.00. The van der Waals surface area contributed by atoms with Gasteiger partial charge in [0.05, 0.1) is 0 Å². The molecule has 1 saturated carbocycles. The van der Waals surface area contributed by atoms with Crippen LogP contribution in [0.2, 0.25) is 0 Å². The first-order valence-electron chi connectivity index (χ1n) is 4.62. The van der Waals surface area contributed by atoms with E-state index < -0.39 is 5.38 Å². The fourth-order valence-electron chi connectivity index (χ4n) is 1.41. The minimum absolute atomic E-state index is 0.191. The third kappa shape index (κ3) is 2.11. The van der Waals surface area contributed by atoms with Gasteiger partial charge in [-0.15, -0.1) is 11.6 Å². The van der Waals surface area contributed by atoms with Crippen molar-refractivity contribution in [2.75, 3.05) is 0 Å². The van der Waals surface area contributed by atoms with E-state index in [1.54, 1.807) is 0 Å². The Bertz CT molecular complexity index is 360. The van der Waals surface area contributed by atoms with Gasteiger partial charge in [0, 0.05) is 9.49 Å². The third-order valence-corrected chi connectivity index (χ3v) is 3.84. The fraction of sp³-hybridized carbons (Fsp3) is 0.364. The zero-order valence-electron chi connectivity index (χ0n) is 7.54. The number of rotatable bonds is 3. The molecule has 3 heteroatoms. The molecule has 14 heavy (non-hydrogen) atoms. The number of carbonyl (C=O) groups is 1. The lowest BCUT2D eigenvalue weighted by atomic mass is 10.1. The topological polar surface area (TPSA) is 17.1 Å². The Morgan fingerprint density at radius 2 is 2.07 bits per heavy atom. The molecule has 74 valence electrons. The number of carbonyl (C=O) groups excluding carboxylic acids is 1. The van der Waals surface area contributed by atoms with Gasteiger partial charge in [0.25, 0.3) is 0 Å². The van der Waals surface area contributed by atoms with E-state index in [1.165, 1.54) is 0 Å². The van der Waals surface area contributed by atoms with Gasteiger partial charge >= 0.3 is 0 Å². The summed E-state index contributed by atoms with van der Waals surface area (Å²) < 4.78 is 1.07. The summed E-state index contributed by atoms with van der Waals surface area (Å²) in [5, 5.41) is -0.449. The van der Waals surface area contributed by atoms with Crippen molar-refractivity contribution in [1.82, 2.24) is 0 Å². The Morgan fingerprint density at radius 1 is 1.43 bits per heavy atom. The second-order valence-electron chi connectivity index (χ2n) is 3.56. The molecular weight excluding hydrogens is 310 g/mol. The van der Waals surface area contributed by atoms with Crippen molar-refractivity contribution in [2.24, 2.45) is 5.92 Å². The Balaban J connectivity index is 2.21. The second-order valence-corrected chi connectivity index (χ2v) is 5.16. The van der Waals surface area contributed by atoms with E-state index >= 15 is 0 Å². The number of halogens is 2. The molecule has 1 aliphatic carbocycles. The molecule has 1 fully saturated rings. The lowest BCUT2D eigenvalue weighted by Crippen LogP contribution is -2.09. The van der Waals surface area contributed by atoms with E-state index in [9.17, 15) is 4.79 Å². The van der Waals surface area contributed by atoms with Gasteiger partial charge in [-0.2, -0.15) is 0 Å². The van der Waals surface area contributed by atoms with E-state index in [-0.39, 0.29) is 11.7 Å². The molecule has 0 saturated heterocycles. The predicted octanol–water partition coefficient (Wildman–Crippen LogP) is 3.55. The monoisotopic (exact) mass is 320 g/mol. The molecule has 0 heterocycles. The molecule has 0 aromatic heterocycles. The number of hydrogen-bond donors (Lipinski definition) is 0. The maximum absolute atomic E-state index is 11.7. The van der Waals surface area contributed by atoms with E-state index in [0.717, 1.165) is 22.0 Å². The maximum atomic E-state index is 11.7. The van der Waals surface area contributed by atoms with Crippen LogP contribution < -0.4 is 0 Å². The molecule has 0 N–H and O–H groups in total. The van der Waals surface area contributed by atoms with Crippen LogP contribution in [0.3, 0.4) is 0 Å². The predicted molar refractivity (Wildman–Crippen MR) is 65.5 cm³/mol. The second kappa shape index (κ2) is 4.19. The third-order valence-electron chi connectivity index (χ3n) is 2.41. The Hall–Kier alpha value is -0.0900. The lowest BCUT2D eigenvalue weighted by molar-refractivity contribution is -0.120. The van der Waals surface area contributed by atoms with Crippen LogP contribution in [0.25, 0.3) is 0 Å². The van der Waals surface area contributed by atoms with Crippen molar-refractivity contribution in [2.45, 2.75) is 18.2 Å². The van der Waals surface area contributed by atoms with Gasteiger partial charge in [-0.25, -0.2) is 0 Å². The molecule has 1 aliphatic rings. The van der Waals surface area contributed by atoms with E-state index in [2.05, 4.69) is 22.6 Å². The molecule has 1 nitrogen and oxygen atoms in total. The van der Waals surface area contributed by atoms with Gasteiger partial charge in [0.1, 0.15) is 5.38 Å². The van der Waals surface area contributed by atoms with Crippen molar-refractivity contribution in [3.05, 3.63) is 33.4 Å². The molecule has 1 atom stereocenters. The molecule has 0 amide bonds. The maximum Gasteiger partial charge on any atom is 0.158 e. The fourth-order valence-corrected chi connectivity index (χ4v) is 2.66. The van der Waals surface area contributed by atoms with Crippen molar-refractivity contribution in [1.29, 1.82) is 0 Å². The summed E-state index contributed by atoms with van der Waals surface area (Å²) >= 11 is 8.36. The zero-order valence-corrected chi connectivity index (χ0v) is 10.5. The zero-order chi connectivity index (χ0) is 10.1. The smallest absolute Gasteiger partial charge is 0.158 e. The first kappa shape index (κ1) is 10.4.